The minimum absolute atomic E-state index is 0.269. The third-order valence-electron chi connectivity index (χ3n) is 5.72. The molecule has 1 aromatic carbocycles. The molecule has 1 N–H and O–H groups in total. The first kappa shape index (κ1) is 19.3. The van der Waals surface area contributed by atoms with Crippen LogP contribution in [0.2, 0.25) is 0 Å². The lowest BCUT2D eigenvalue weighted by molar-refractivity contribution is 0.102. The van der Waals surface area contributed by atoms with Crippen molar-refractivity contribution < 1.29 is 9.18 Å². The lowest BCUT2D eigenvalue weighted by Gasteiger charge is -2.05. The number of amides is 1. The van der Waals surface area contributed by atoms with Gasteiger partial charge in [0.1, 0.15) is 11.5 Å². The second kappa shape index (κ2) is 7.63. The molecular weight excluding hydrogens is 421 g/mol. The van der Waals surface area contributed by atoms with Crippen LogP contribution in [0.1, 0.15) is 22.5 Å². The van der Waals surface area contributed by atoms with Crippen LogP contribution in [0.4, 0.5) is 10.2 Å². The molecule has 162 valence electrons. The molecular formula is C24H18FN7O. The lowest BCUT2D eigenvalue weighted by Crippen LogP contribution is -2.11. The molecule has 33 heavy (non-hydrogen) atoms. The Bertz CT molecular complexity index is 1490. The topological polar surface area (TPSA) is 90.0 Å². The van der Waals surface area contributed by atoms with Gasteiger partial charge in [-0.25, -0.2) is 13.9 Å². The summed E-state index contributed by atoms with van der Waals surface area (Å²) in [5, 5.41) is 12.4. The van der Waals surface area contributed by atoms with E-state index in [1.807, 2.05) is 16.8 Å². The molecule has 0 bridgehead atoms. The zero-order valence-corrected chi connectivity index (χ0v) is 17.4. The van der Waals surface area contributed by atoms with Gasteiger partial charge in [0.05, 0.1) is 17.5 Å². The highest BCUT2D eigenvalue weighted by molar-refractivity contribution is 6.03. The Balaban J connectivity index is 1.39. The summed E-state index contributed by atoms with van der Waals surface area (Å²) in [5.41, 5.74) is 5.53. The molecule has 5 aromatic rings. The summed E-state index contributed by atoms with van der Waals surface area (Å²) in [4.78, 5) is 20.8. The van der Waals surface area contributed by atoms with Crippen LogP contribution in [0.3, 0.4) is 0 Å². The number of halogens is 1. The number of benzene rings is 1. The third kappa shape index (κ3) is 3.43. The molecule has 0 unspecified atom stereocenters. The Hall–Kier alpha value is -4.40. The summed E-state index contributed by atoms with van der Waals surface area (Å²) in [6.07, 6.45) is 6.74. The van der Waals surface area contributed by atoms with Crippen molar-refractivity contribution >= 4 is 17.4 Å². The highest BCUT2D eigenvalue weighted by atomic mass is 19.1. The van der Waals surface area contributed by atoms with Crippen molar-refractivity contribution in [1.82, 2.24) is 29.4 Å². The van der Waals surface area contributed by atoms with Gasteiger partial charge in [0.15, 0.2) is 11.5 Å². The predicted octanol–water partition coefficient (Wildman–Crippen LogP) is 3.99. The van der Waals surface area contributed by atoms with Crippen molar-refractivity contribution in [3.8, 4) is 22.5 Å². The number of imidazole rings is 1. The molecule has 8 nitrogen and oxygen atoms in total. The molecule has 5 heterocycles. The largest absolute Gasteiger partial charge is 0.305 e. The van der Waals surface area contributed by atoms with Gasteiger partial charge in [-0.1, -0.05) is 0 Å². The van der Waals surface area contributed by atoms with Crippen molar-refractivity contribution in [2.24, 2.45) is 0 Å². The Labute approximate surface area is 187 Å². The Morgan fingerprint density at radius 1 is 1.00 bits per heavy atom. The van der Waals surface area contributed by atoms with E-state index in [2.05, 4.69) is 15.3 Å². The summed E-state index contributed by atoms with van der Waals surface area (Å²) >= 11 is 0. The molecule has 0 radical (unpaired) electrons. The number of pyridine rings is 1. The van der Waals surface area contributed by atoms with Gasteiger partial charge in [0.2, 0.25) is 0 Å². The molecule has 6 rings (SSSR count). The molecule has 0 fully saturated rings. The fourth-order valence-electron chi connectivity index (χ4n) is 4.18. The lowest BCUT2D eigenvalue weighted by atomic mass is 10.0. The van der Waals surface area contributed by atoms with Crippen LogP contribution in [0.25, 0.3) is 28.2 Å². The van der Waals surface area contributed by atoms with E-state index in [1.165, 1.54) is 12.1 Å². The number of nitrogens with one attached hydrogen (secondary N) is 1. The van der Waals surface area contributed by atoms with Crippen LogP contribution in [-0.4, -0.2) is 35.3 Å². The highest BCUT2D eigenvalue weighted by Gasteiger charge is 2.25. The number of carbonyl (C=O) groups excluding carboxylic acids is 1. The maximum absolute atomic E-state index is 13.5. The van der Waals surface area contributed by atoms with Gasteiger partial charge in [-0.05, 0) is 61.4 Å². The number of aromatic nitrogens is 6. The first-order valence-electron chi connectivity index (χ1n) is 10.6. The Morgan fingerprint density at radius 2 is 1.82 bits per heavy atom. The molecule has 4 aromatic heterocycles. The van der Waals surface area contributed by atoms with Gasteiger partial charge in [-0.3, -0.25) is 14.5 Å². The van der Waals surface area contributed by atoms with Crippen molar-refractivity contribution in [2.75, 3.05) is 5.32 Å². The average Bonchev–Trinajstić information content (AvgIpc) is 3.53. The van der Waals surface area contributed by atoms with Crippen LogP contribution in [0.15, 0.2) is 67.1 Å². The van der Waals surface area contributed by atoms with E-state index in [0.29, 0.717) is 17.0 Å². The van der Waals surface area contributed by atoms with E-state index in [4.69, 9.17) is 10.2 Å². The molecule has 0 saturated carbocycles. The summed E-state index contributed by atoms with van der Waals surface area (Å²) in [6.45, 7) is 0.849. The zero-order valence-electron chi connectivity index (χ0n) is 17.4. The smallest absolute Gasteiger partial charge is 0.256 e. The molecule has 9 heteroatoms. The monoisotopic (exact) mass is 439 g/mol. The van der Waals surface area contributed by atoms with Crippen molar-refractivity contribution in [1.29, 1.82) is 0 Å². The second-order valence-electron chi connectivity index (χ2n) is 7.84. The van der Waals surface area contributed by atoms with Crippen LogP contribution in [0, 0.1) is 5.82 Å². The first-order chi connectivity index (χ1) is 16.2. The number of nitrogens with zero attached hydrogens (tertiary/aromatic N) is 6. The van der Waals surface area contributed by atoms with E-state index in [-0.39, 0.29) is 11.7 Å². The maximum Gasteiger partial charge on any atom is 0.256 e. The number of rotatable bonds is 4. The van der Waals surface area contributed by atoms with E-state index in [1.54, 1.807) is 47.4 Å². The number of anilines is 1. The Kier molecular flexibility index (Phi) is 4.46. The van der Waals surface area contributed by atoms with Crippen LogP contribution in [0.5, 0.6) is 0 Å². The van der Waals surface area contributed by atoms with Gasteiger partial charge >= 0.3 is 0 Å². The van der Waals surface area contributed by atoms with Gasteiger partial charge in [-0.15, -0.1) is 0 Å². The number of carbonyl (C=O) groups is 1. The minimum Gasteiger partial charge on any atom is -0.305 e. The van der Waals surface area contributed by atoms with Gasteiger partial charge in [0.25, 0.3) is 5.91 Å². The Morgan fingerprint density at radius 3 is 2.64 bits per heavy atom. The second-order valence-corrected chi connectivity index (χ2v) is 7.84. The van der Waals surface area contributed by atoms with Gasteiger partial charge in [-0.2, -0.15) is 10.2 Å². The van der Waals surface area contributed by atoms with Crippen LogP contribution in [-0.2, 0) is 13.0 Å². The van der Waals surface area contributed by atoms with E-state index in [9.17, 15) is 9.18 Å². The van der Waals surface area contributed by atoms with Crippen LogP contribution >= 0.6 is 0 Å². The average molecular weight is 439 g/mol. The molecule has 1 aliphatic heterocycles. The fourth-order valence-corrected chi connectivity index (χ4v) is 4.18. The van der Waals surface area contributed by atoms with Crippen molar-refractivity contribution in [3.63, 3.8) is 0 Å². The zero-order chi connectivity index (χ0) is 22.4. The van der Waals surface area contributed by atoms with Gasteiger partial charge in [0, 0.05) is 35.8 Å². The molecule has 1 aliphatic rings. The third-order valence-corrected chi connectivity index (χ3v) is 5.72. The summed E-state index contributed by atoms with van der Waals surface area (Å²) in [6, 6.07) is 13.4. The van der Waals surface area contributed by atoms with Gasteiger partial charge < -0.3 is 5.32 Å². The standard InChI is InChI=1S/C24H18FN7O/c25-17-5-3-15(4-6-17)23-22(19-2-1-13-31(19)30-23)18-7-8-21-27-20(14-32(21)29-18)28-24(33)16-9-11-26-12-10-16/h3-12,14H,1-2,13H2,(H,28,33). The molecule has 0 atom stereocenters. The minimum atomic E-state index is -0.286. The SMILES string of the molecule is O=C(Nc1cn2nc(-c3c(-c4ccc(F)cc4)nn4c3CCC4)ccc2n1)c1ccncc1. The first-order valence-corrected chi connectivity index (χ1v) is 10.6. The quantitative estimate of drug-likeness (QED) is 0.457. The van der Waals surface area contributed by atoms with Crippen LogP contribution < -0.4 is 5.32 Å². The number of hydrogen-bond acceptors (Lipinski definition) is 5. The number of hydrogen-bond donors (Lipinski definition) is 1. The summed E-state index contributed by atoms with van der Waals surface area (Å²) in [5.74, 6) is -0.152. The predicted molar refractivity (Wildman–Crippen MR) is 120 cm³/mol. The molecule has 0 aliphatic carbocycles. The fraction of sp³-hybridized carbons (Fsp3) is 0.125. The number of aryl methyl sites for hydroxylation is 1. The normalized spacial score (nSPS) is 12.8. The summed E-state index contributed by atoms with van der Waals surface area (Å²) < 4.78 is 17.1. The number of fused-ring (bicyclic) bond motifs is 2. The van der Waals surface area contributed by atoms with E-state index in [0.717, 1.165) is 47.6 Å². The summed E-state index contributed by atoms with van der Waals surface area (Å²) in [7, 11) is 0. The molecule has 0 saturated heterocycles. The van der Waals surface area contributed by atoms with E-state index < -0.39 is 0 Å². The molecule has 1 amide bonds. The van der Waals surface area contributed by atoms with Crippen molar-refractivity contribution in [3.05, 3.63) is 84.2 Å². The maximum atomic E-state index is 13.5. The van der Waals surface area contributed by atoms with E-state index >= 15 is 0 Å². The highest BCUT2D eigenvalue weighted by Crippen LogP contribution is 2.36. The molecule has 0 spiro atoms. The van der Waals surface area contributed by atoms with Crippen molar-refractivity contribution in [2.45, 2.75) is 19.4 Å².